The van der Waals surface area contributed by atoms with Crippen LogP contribution in [0, 0.1) is 0 Å². The Bertz CT molecular complexity index is 843. The molecule has 0 bridgehead atoms. The van der Waals surface area contributed by atoms with Crippen LogP contribution in [0.3, 0.4) is 0 Å². The van der Waals surface area contributed by atoms with Crippen molar-refractivity contribution in [2.45, 2.75) is 36.8 Å². The van der Waals surface area contributed by atoms with E-state index < -0.39 is 36.9 Å². The van der Waals surface area contributed by atoms with Crippen LogP contribution in [0.4, 0.5) is 8.78 Å². The molecule has 0 aromatic heterocycles. The number of aromatic hydroxyl groups is 1. The first kappa shape index (κ1) is 21.2. The summed E-state index contributed by atoms with van der Waals surface area (Å²) in [5.41, 5.74) is 1.38. The van der Waals surface area contributed by atoms with Crippen LogP contribution in [-0.2, 0) is 11.2 Å². The predicted molar refractivity (Wildman–Crippen MR) is 99.0 cm³/mol. The van der Waals surface area contributed by atoms with Gasteiger partial charge in [-0.2, -0.15) is 0 Å². The molecule has 152 valence electrons. The molecule has 0 spiro atoms. The predicted octanol–water partition coefficient (Wildman–Crippen LogP) is 3.08. The zero-order valence-electron chi connectivity index (χ0n) is 14.4. The first-order valence-corrected chi connectivity index (χ1v) is 9.16. The molecule has 1 aliphatic rings. The first-order valence-electron chi connectivity index (χ1n) is 8.41. The Morgan fingerprint density at radius 3 is 2.32 bits per heavy atom. The smallest absolute Gasteiger partial charge is 0.303 e. The van der Waals surface area contributed by atoms with Crippen LogP contribution < -0.4 is 0 Å². The SMILES string of the molecule is OC[C@H]1O[C@@H](c2cc(Cc3ccc(Cl)cc3)c(Cl)cc2O)[C@H](O)[C@@H](O)C1(F)F. The molecule has 1 aliphatic heterocycles. The summed E-state index contributed by atoms with van der Waals surface area (Å²) >= 11 is 12.1. The monoisotopic (exact) mass is 434 g/mol. The third-order valence-corrected chi connectivity index (χ3v) is 5.35. The fourth-order valence-electron chi connectivity index (χ4n) is 3.17. The molecule has 1 saturated heterocycles. The molecular weight excluding hydrogens is 417 g/mol. The summed E-state index contributed by atoms with van der Waals surface area (Å²) in [5, 5.41) is 40.2. The summed E-state index contributed by atoms with van der Waals surface area (Å²) in [7, 11) is 0. The van der Waals surface area contributed by atoms with Crippen molar-refractivity contribution in [2.75, 3.05) is 6.61 Å². The highest BCUT2D eigenvalue weighted by molar-refractivity contribution is 6.31. The van der Waals surface area contributed by atoms with E-state index >= 15 is 0 Å². The van der Waals surface area contributed by atoms with Gasteiger partial charge in [-0.05, 0) is 41.8 Å². The van der Waals surface area contributed by atoms with Gasteiger partial charge < -0.3 is 25.2 Å². The second-order valence-corrected chi connectivity index (χ2v) is 7.49. The normalized spacial score (nSPS) is 27.0. The average molecular weight is 435 g/mol. The van der Waals surface area contributed by atoms with Crippen LogP contribution in [0.1, 0.15) is 22.8 Å². The quantitative estimate of drug-likeness (QED) is 0.593. The maximum Gasteiger partial charge on any atom is 0.303 e. The highest BCUT2D eigenvalue weighted by atomic mass is 35.5. The summed E-state index contributed by atoms with van der Waals surface area (Å²) < 4.78 is 33.1. The molecule has 1 fully saturated rings. The fraction of sp³-hybridized carbons (Fsp3) is 0.368. The standard InChI is InChI=1S/C19H18Cl2F2O5/c20-11-3-1-9(2-4-11)5-10-6-12(14(25)7-13(10)21)17-16(26)18(27)19(22,23)15(8-24)28-17/h1-4,6-7,15-18,24-27H,5,8H2/t15-,16+,17+,18-/m1/s1. The third kappa shape index (κ3) is 3.96. The van der Waals surface area contributed by atoms with Gasteiger partial charge in [-0.3, -0.25) is 0 Å². The van der Waals surface area contributed by atoms with Crippen LogP contribution in [0.15, 0.2) is 36.4 Å². The van der Waals surface area contributed by atoms with E-state index in [1.54, 1.807) is 24.3 Å². The summed E-state index contributed by atoms with van der Waals surface area (Å²) in [6.07, 6.45) is -7.67. The summed E-state index contributed by atoms with van der Waals surface area (Å²) in [5.74, 6) is -4.23. The zero-order valence-corrected chi connectivity index (χ0v) is 15.9. The van der Waals surface area contributed by atoms with Gasteiger partial charge in [0.15, 0.2) is 0 Å². The summed E-state index contributed by atoms with van der Waals surface area (Å²) in [4.78, 5) is 0. The van der Waals surface area contributed by atoms with Gasteiger partial charge in [0.1, 0.15) is 30.2 Å². The van der Waals surface area contributed by atoms with Gasteiger partial charge >= 0.3 is 5.92 Å². The lowest BCUT2D eigenvalue weighted by molar-refractivity contribution is -0.296. The molecule has 9 heteroatoms. The molecule has 5 nitrogen and oxygen atoms in total. The Hall–Kier alpha value is -1.48. The van der Waals surface area contributed by atoms with E-state index in [1.165, 1.54) is 12.1 Å². The number of benzene rings is 2. The lowest BCUT2D eigenvalue weighted by Gasteiger charge is -2.42. The van der Waals surface area contributed by atoms with Crippen molar-refractivity contribution in [1.29, 1.82) is 0 Å². The maximum absolute atomic E-state index is 14.0. The maximum atomic E-state index is 14.0. The number of aliphatic hydroxyl groups excluding tert-OH is 3. The average Bonchev–Trinajstić information content (AvgIpc) is 2.65. The number of hydrogen-bond donors (Lipinski definition) is 4. The first-order chi connectivity index (χ1) is 13.1. The van der Waals surface area contributed by atoms with Gasteiger partial charge in [0.25, 0.3) is 0 Å². The lowest BCUT2D eigenvalue weighted by atomic mass is 9.89. The molecular formula is C19H18Cl2F2O5. The van der Waals surface area contributed by atoms with Crippen molar-refractivity contribution in [3.05, 3.63) is 63.1 Å². The molecule has 0 aliphatic carbocycles. The Labute approximate surface area is 169 Å². The molecule has 0 radical (unpaired) electrons. The van der Waals surface area contributed by atoms with Crippen LogP contribution in [-0.4, -0.2) is 51.3 Å². The van der Waals surface area contributed by atoms with Crippen molar-refractivity contribution < 1.29 is 33.9 Å². The minimum Gasteiger partial charge on any atom is -0.508 e. The molecule has 1 heterocycles. The van der Waals surface area contributed by atoms with Gasteiger partial charge in [-0.1, -0.05) is 35.3 Å². The molecule has 0 unspecified atom stereocenters. The van der Waals surface area contributed by atoms with Crippen LogP contribution >= 0.6 is 23.2 Å². The van der Waals surface area contributed by atoms with Crippen molar-refractivity contribution in [2.24, 2.45) is 0 Å². The molecule has 3 rings (SSSR count). The van der Waals surface area contributed by atoms with Gasteiger partial charge in [-0.25, -0.2) is 8.78 Å². The Morgan fingerprint density at radius 2 is 1.71 bits per heavy atom. The van der Waals surface area contributed by atoms with Gasteiger partial charge in [0.05, 0.1) is 6.61 Å². The Balaban J connectivity index is 1.96. The van der Waals surface area contributed by atoms with E-state index in [4.69, 9.17) is 27.9 Å². The van der Waals surface area contributed by atoms with E-state index in [2.05, 4.69) is 0 Å². The second kappa shape index (κ2) is 8.10. The number of rotatable bonds is 4. The summed E-state index contributed by atoms with van der Waals surface area (Å²) in [6, 6.07) is 9.59. The number of ether oxygens (including phenoxy) is 1. The highest BCUT2D eigenvalue weighted by Crippen LogP contribution is 2.44. The van der Waals surface area contributed by atoms with Crippen molar-refractivity contribution in [1.82, 2.24) is 0 Å². The molecule has 0 amide bonds. The van der Waals surface area contributed by atoms with E-state index in [0.29, 0.717) is 17.0 Å². The third-order valence-electron chi connectivity index (χ3n) is 4.74. The zero-order chi connectivity index (χ0) is 20.6. The highest BCUT2D eigenvalue weighted by Gasteiger charge is 2.57. The topological polar surface area (TPSA) is 90.2 Å². The molecule has 4 atom stereocenters. The van der Waals surface area contributed by atoms with E-state index in [-0.39, 0.29) is 16.3 Å². The number of halogens is 4. The number of alkyl halides is 2. The molecule has 4 N–H and O–H groups in total. The number of phenolic OH excluding ortho intramolecular Hbond substituents is 1. The molecule has 2 aromatic rings. The lowest BCUT2D eigenvalue weighted by Crippen LogP contribution is -2.59. The van der Waals surface area contributed by atoms with Crippen molar-refractivity contribution in [3.8, 4) is 5.75 Å². The van der Waals surface area contributed by atoms with E-state index in [1.807, 2.05) is 0 Å². The number of hydrogen-bond acceptors (Lipinski definition) is 5. The second-order valence-electron chi connectivity index (χ2n) is 6.64. The van der Waals surface area contributed by atoms with Gasteiger partial charge in [-0.15, -0.1) is 0 Å². The largest absolute Gasteiger partial charge is 0.508 e. The van der Waals surface area contributed by atoms with E-state index in [9.17, 15) is 29.2 Å². The number of aliphatic hydroxyl groups is 3. The van der Waals surface area contributed by atoms with Crippen molar-refractivity contribution in [3.63, 3.8) is 0 Å². The molecule has 0 saturated carbocycles. The molecule has 2 aromatic carbocycles. The van der Waals surface area contributed by atoms with E-state index in [0.717, 1.165) is 5.56 Å². The van der Waals surface area contributed by atoms with Crippen molar-refractivity contribution >= 4 is 23.2 Å². The van der Waals surface area contributed by atoms with Crippen LogP contribution in [0.5, 0.6) is 5.75 Å². The molecule has 28 heavy (non-hydrogen) atoms. The van der Waals surface area contributed by atoms with Crippen LogP contribution in [0.2, 0.25) is 10.0 Å². The van der Waals surface area contributed by atoms with Gasteiger partial charge in [0, 0.05) is 15.6 Å². The minimum absolute atomic E-state index is 0.0196. The van der Waals surface area contributed by atoms with Crippen LogP contribution in [0.25, 0.3) is 0 Å². The van der Waals surface area contributed by atoms with Gasteiger partial charge in [0.2, 0.25) is 0 Å². The minimum atomic E-state index is -3.85. The number of phenols is 1. The Morgan fingerprint density at radius 1 is 1.07 bits per heavy atom. The fourth-order valence-corrected chi connectivity index (χ4v) is 3.52. The summed E-state index contributed by atoms with van der Waals surface area (Å²) in [6.45, 7) is -1.07. The Kier molecular flexibility index (Phi) is 6.14.